The maximum absolute atomic E-state index is 12.1. The van der Waals surface area contributed by atoms with Crippen molar-refractivity contribution in [2.75, 3.05) is 19.7 Å². The van der Waals surface area contributed by atoms with Crippen LogP contribution in [0.15, 0.2) is 24.4 Å². The zero-order valence-corrected chi connectivity index (χ0v) is 13.2. The van der Waals surface area contributed by atoms with Crippen LogP contribution in [0.2, 0.25) is 0 Å². The molecule has 2 rings (SSSR count). The van der Waals surface area contributed by atoms with Crippen molar-refractivity contribution in [1.29, 1.82) is 0 Å². The summed E-state index contributed by atoms with van der Waals surface area (Å²) >= 11 is 0. The molecule has 0 atom stereocenters. The van der Waals surface area contributed by atoms with E-state index in [0.29, 0.717) is 38.2 Å². The van der Waals surface area contributed by atoms with Gasteiger partial charge in [-0.25, -0.2) is 0 Å². The van der Waals surface area contributed by atoms with Gasteiger partial charge in [-0.05, 0) is 31.9 Å². The predicted octanol–water partition coefficient (Wildman–Crippen LogP) is 0.499. The van der Waals surface area contributed by atoms with E-state index in [-0.39, 0.29) is 18.4 Å². The van der Waals surface area contributed by atoms with Crippen molar-refractivity contribution in [3.8, 4) is 0 Å². The molecule has 1 aliphatic heterocycles. The molecule has 1 saturated heterocycles. The Bertz CT molecular complexity index is 554. The Morgan fingerprint density at radius 3 is 2.65 bits per heavy atom. The number of likely N-dealkylation sites (tertiary alicyclic amines) is 1. The van der Waals surface area contributed by atoms with Gasteiger partial charge < -0.3 is 15.0 Å². The summed E-state index contributed by atoms with van der Waals surface area (Å²) in [5, 5.41) is 2.57. The molecule has 23 heavy (non-hydrogen) atoms. The van der Waals surface area contributed by atoms with E-state index in [0.717, 1.165) is 0 Å². The Hall–Kier alpha value is -2.44. The fraction of sp³-hybridized carbons (Fsp3) is 0.500. The second kappa shape index (κ2) is 8.26. The summed E-state index contributed by atoms with van der Waals surface area (Å²) in [6.45, 7) is 3.11. The number of amides is 2. The molecule has 2 heterocycles. The van der Waals surface area contributed by atoms with Gasteiger partial charge in [-0.1, -0.05) is 6.07 Å². The Balaban J connectivity index is 1.78. The number of hydrogen-bond acceptors (Lipinski definition) is 5. The van der Waals surface area contributed by atoms with Crippen molar-refractivity contribution < 1.29 is 19.1 Å². The van der Waals surface area contributed by atoms with Crippen LogP contribution in [0.1, 0.15) is 25.5 Å². The number of nitrogens with one attached hydrogen (secondary N) is 1. The fourth-order valence-corrected chi connectivity index (χ4v) is 2.47. The number of carbonyl (C=O) groups excluding carboxylic acids is 3. The summed E-state index contributed by atoms with van der Waals surface area (Å²) in [7, 11) is 0. The van der Waals surface area contributed by atoms with Gasteiger partial charge in [0.1, 0.15) is 0 Å². The van der Waals surface area contributed by atoms with Gasteiger partial charge in [-0.2, -0.15) is 0 Å². The molecule has 124 valence electrons. The first-order valence-electron chi connectivity index (χ1n) is 7.75. The van der Waals surface area contributed by atoms with Gasteiger partial charge >= 0.3 is 17.8 Å². The molecule has 0 unspecified atom stereocenters. The first-order chi connectivity index (χ1) is 11.1. The zero-order chi connectivity index (χ0) is 16.7. The summed E-state index contributed by atoms with van der Waals surface area (Å²) in [5.74, 6) is -1.62. The maximum atomic E-state index is 12.1. The van der Waals surface area contributed by atoms with Crippen LogP contribution in [-0.2, 0) is 25.7 Å². The molecule has 2 amide bonds. The summed E-state index contributed by atoms with van der Waals surface area (Å²) in [4.78, 5) is 41.2. The van der Waals surface area contributed by atoms with Crippen molar-refractivity contribution in [2.45, 2.75) is 26.3 Å². The highest BCUT2D eigenvalue weighted by molar-refractivity contribution is 6.34. The molecular weight excluding hydrogens is 298 g/mol. The number of piperidine rings is 1. The molecule has 0 spiro atoms. The second-order valence-electron chi connectivity index (χ2n) is 5.32. The van der Waals surface area contributed by atoms with Gasteiger partial charge in [0.2, 0.25) is 0 Å². The molecule has 1 aromatic heterocycles. The lowest BCUT2D eigenvalue weighted by Gasteiger charge is -2.30. The lowest BCUT2D eigenvalue weighted by molar-refractivity contribution is -0.152. The number of pyridine rings is 1. The Labute approximate surface area is 135 Å². The number of nitrogens with zero attached hydrogens (tertiary/aromatic N) is 2. The van der Waals surface area contributed by atoms with E-state index in [1.165, 1.54) is 4.90 Å². The van der Waals surface area contributed by atoms with E-state index < -0.39 is 11.8 Å². The van der Waals surface area contributed by atoms with Crippen molar-refractivity contribution in [1.82, 2.24) is 15.2 Å². The third-order valence-electron chi connectivity index (χ3n) is 3.75. The largest absolute Gasteiger partial charge is 0.466 e. The van der Waals surface area contributed by atoms with Crippen molar-refractivity contribution >= 4 is 17.8 Å². The summed E-state index contributed by atoms with van der Waals surface area (Å²) < 4.78 is 4.98. The van der Waals surface area contributed by atoms with Crippen LogP contribution in [0.4, 0.5) is 0 Å². The molecule has 7 nitrogen and oxygen atoms in total. The average molecular weight is 319 g/mol. The number of carbonyl (C=O) groups is 3. The number of hydrogen-bond donors (Lipinski definition) is 1. The highest BCUT2D eigenvalue weighted by Crippen LogP contribution is 2.18. The van der Waals surface area contributed by atoms with Crippen LogP contribution in [0.5, 0.6) is 0 Å². The third kappa shape index (κ3) is 4.77. The van der Waals surface area contributed by atoms with Crippen LogP contribution in [-0.4, -0.2) is 47.4 Å². The van der Waals surface area contributed by atoms with E-state index in [1.807, 2.05) is 6.07 Å². The lowest BCUT2D eigenvalue weighted by Crippen LogP contribution is -2.47. The van der Waals surface area contributed by atoms with Crippen molar-refractivity contribution in [3.63, 3.8) is 0 Å². The monoisotopic (exact) mass is 319 g/mol. The van der Waals surface area contributed by atoms with E-state index in [2.05, 4.69) is 10.3 Å². The van der Waals surface area contributed by atoms with Crippen LogP contribution < -0.4 is 5.32 Å². The number of aromatic nitrogens is 1. The van der Waals surface area contributed by atoms with Crippen LogP contribution in [0.3, 0.4) is 0 Å². The quantitative estimate of drug-likeness (QED) is 0.645. The van der Waals surface area contributed by atoms with Gasteiger partial charge in [-0.15, -0.1) is 0 Å². The SMILES string of the molecule is CCOC(=O)C1CCN(C(=O)C(=O)NCc2ccccn2)CC1. The van der Waals surface area contributed by atoms with Gasteiger partial charge in [0.05, 0.1) is 24.8 Å². The normalized spacial score (nSPS) is 15.1. The smallest absolute Gasteiger partial charge is 0.311 e. The summed E-state index contributed by atoms with van der Waals surface area (Å²) in [5.41, 5.74) is 0.690. The van der Waals surface area contributed by atoms with Crippen molar-refractivity contribution in [2.24, 2.45) is 5.92 Å². The highest BCUT2D eigenvalue weighted by Gasteiger charge is 2.30. The molecule has 0 aliphatic carbocycles. The minimum atomic E-state index is -0.648. The first kappa shape index (κ1) is 16.9. The Kier molecular flexibility index (Phi) is 6.08. The number of esters is 1. The van der Waals surface area contributed by atoms with Gasteiger partial charge in [0.25, 0.3) is 0 Å². The van der Waals surface area contributed by atoms with E-state index in [1.54, 1.807) is 25.3 Å². The van der Waals surface area contributed by atoms with E-state index >= 15 is 0 Å². The molecule has 1 aromatic rings. The minimum absolute atomic E-state index is 0.185. The minimum Gasteiger partial charge on any atom is -0.466 e. The standard InChI is InChI=1S/C16H21N3O4/c1-2-23-16(22)12-6-9-19(10-7-12)15(21)14(20)18-11-13-5-3-4-8-17-13/h3-5,8,12H,2,6-7,9-11H2,1H3,(H,18,20). The van der Waals surface area contributed by atoms with Gasteiger partial charge in [0.15, 0.2) is 0 Å². The molecule has 0 bridgehead atoms. The Morgan fingerprint density at radius 1 is 1.30 bits per heavy atom. The molecular formula is C16H21N3O4. The van der Waals surface area contributed by atoms with Crippen LogP contribution in [0.25, 0.3) is 0 Å². The van der Waals surface area contributed by atoms with E-state index in [9.17, 15) is 14.4 Å². The van der Waals surface area contributed by atoms with Crippen LogP contribution in [0, 0.1) is 5.92 Å². The topological polar surface area (TPSA) is 88.6 Å². The Morgan fingerprint density at radius 2 is 2.04 bits per heavy atom. The molecule has 1 aliphatic rings. The lowest BCUT2D eigenvalue weighted by atomic mass is 9.97. The van der Waals surface area contributed by atoms with Gasteiger partial charge in [0, 0.05) is 19.3 Å². The average Bonchev–Trinajstić information content (AvgIpc) is 2.60. The molecule has 0 aromatic carbocycles. The third-order valence-corrected chi connectivity index (χ3v) is 3.75. The molecule has 7 heteroatoms. The summed E-state index contributed by atoms with van der Waals surface area (Å²) in [6, 6.07) is 5.37. The maximum Gasteiger partial charge on any atom is 0.311 e. The molecule has 0 radical (unpaired) electrons. The molecule has 1 fully saturated rings. The highest BCUT2D eigenvalue weighted by atomic mass is 16.5. The summed E-state index contributed by atoms with van der Waals surface area (Å²) in [6.07, 6.45) is 2.68. The van der Waals surface area contributed by atoms with Crippen molar-refractivity contribution in [3.05, 3.63) is 30.1 Å². The van der Waals surface area contributed by atoms with Crippen LogP contribution >= 0.6 is 0 Å². The predicted molar refractivity (Wildman–Crippen MR) is 82.0 cm³/mol. The number of rotatable bonds is 4. The fourth-order valence-electron chi connectivity index (χ4n) is 2.47. The second-order valence-corrected chi connectivity index (χ2v) is 5.32. The van der Waals surface area contributed by atoms with Gasteiger partial charge in [-0.3, -0.25) is 19.4 Å². The van der Waals surface area contributed by atoms with E-state index in [4.69, 9.17) is 4.74 Å². The molecule has 0 saturated carbocycles. The zero-order valence-electron chi connectivity index (χ0n) is 13.2. The number of ether oxygens (including phenoxy) is 1. The molecule has 1 N–H and O–H groups in total. The first-order valence-corrected chi connectivity index (χ1v) is 7.75.